The number of hydrogen-bond acceptors (Lipinski definition) is 5. The summed E-state index contributed by atoms with van der Waals surface area (Å²) in [6.07, 6.45) is 0.420. The summed E-state index contributed by atoms with van der Waals surface area (Å²) in [7, 11) is 0. The minimum absolute atomic E-state index is 0.0622. The molecule has 0 aromatic heterocycles. The molecule has 0 radical (unpaired) electrons. The lowest BCUT2D eigenvalue weighted by atomic mass is 10.1. The third-order valence-electron chi connectivity index (χ3n) is 3.54. The molecule has 2 aromatic carbocycles. The van der Waals surface area contributed by atoms with Crippen LogP contribution in [-0.2, 0) is 22.4 Å². The van der Waals surface area contributed by atoms with Gasteiger partial charge in [0.25, 0.3) is 0 Å². The Hall–Kier alpha value is -2.70. The summed E-state index contributed by atoms with van der Waals surface area (Å²) in [4.78, 5) is 23.1. The molecule has 0 aliphatic heterocycles. The third kappa shape index (κ3) is 4.91. The Morgan fingerprint density at radius 3 is 2.21 bits per heavy atom. The molecule has 0 heterocycles. The molecule has 2 atom stereocenters. The predicted octanol–water partition coefficient (Wildman–Crippen LogP) is 1.12. The highest BCUT2D eigenvalue weighted by Crippen LogP contribution is 2.20. The number of carboxylic acid groups (broad SMARTS) is 1. The summed E-state index contributed by atoms with van der Waals surface area (Å²) < 4.78 is 5.35. The zero-order valence-electron chi connectivity index (χ0n) is 13.1. The fourth-order valence-electron chi connectivity index (χ4n) is 2.23. The van der Waals surface area contributed by atoms with Crippen LogP contribution < -0.4 is 16.2 Å². The number of aliphatic carboxylic acids is 1. The quantitative estimate of drug-likeness (QED) is 0.518. The van der Waals surface area contributed by atoms with Crippen LogP contribution in [0.15, 0.2) is 54.6 Å². The van der Waals surface area contributed by atoms with Gasteiger partial charge in [0, 0.05) is 6.42 Å². The largest absolute Gasteiger partial charge is 0.480 e. The van der Waals surface area contributed by atoms with Crippen LogP contribution in [0.5, 0.6) is 5.75 Å². The maximum absolute atomic E-state index is 12.2. The van der Waals surface area contributed by atoms with Crippen molar-refractivity contribution in [3.05, 3.63) is 65.7 Å². The Morgan fingerprint density at radius 1 is 0.917 bits per heavy atom. The molecule has 6 nitrogen and oxygen atoms in total. The molecule has 2 rings (SSSR count). The second kappa shape index (κ2) is 8.24. The van der Waals surface area contributed by atoms with Crippen LogP contribution in [0.3, 0.4) is 0 Å². The molecule has 0 saturated carbocycles. The zero-order valence-corrected chi connectivity index (χ0v) is 13.1. The van der Waals surface area contributed by atoms with Crippen LogP contribution >= 0.6 is 0 Å². The van der Waals surface area contributed by atoms with E-state index in [9.17, 15) is 9.59 Å². The number of benzene rings is 2. The second-order valence-corrected chi connectivity index (χ2v) is 5.47. The number of carbonyl (C=O) groups is 2. The van der Waals surface area contributed by atoms with E-state index in [1.54, 1.807) is 24.3 Å². The summed E-state index contributed by atoms with van der Waals surface area (Å²) >= 11 is 0. The molecule has 0 saturated heterocycles. The molecule has 24 heavy (non-hydrogen) atoms. The zero-order chi connectivity index (χ0) is 17.5. The maximum atomic E-state index is 12.2. The highest BCUT2D eigenvalue weighted by Gasteiger charge is 2.20. The van der Waals surface area contributed by atoms with Crippen molar-refractivity contribution >= 4 is 11.9 Å². The number of hydrogen-bond donors (Lipinski definition) is 3. The van der Waals surface area contributed by atoms with Crippen LogP contribution in [-0.4, -0.2) is 29.1 Å². The Morgan fingerprint density at radius 2 is 1.54 bits per heavy atom. The van der Waals surface area contributed by atoms with Gasteiger partial charge in [-0.1, -0.05) is 48.5 Å². The molecule has 6 heteroatoms. The first-order chi connectivity index (χ1) is 11.5. The molecule has 0 bridgehead atoms. The predicted molar refractivity (Wildman–Crippen MR) is 89.5 cm³/mol. The van der Waals surface area contributed by atoms with Crippen molar-refractivity contribution in [2.75, 3.05) is 0 Å². The molecule has 0 spiro atoms. The smallest absolute Gasteiger partial charge is 0.328 e. The molecular formula is C18H20N2O4. The van der Waals surface area contributed by atoms with Crippen molar-refractivity contribution < 1.29 is 19.4 Å². The molecule has 0 amide bonds. The van der Waals surface area contributed by atoms with E-state index in [1.165, 1.54) is 0 Å². The highest BCUT2D eigenvalue weighted by atomic mass is 16.5. The van der Waals surface area contributed by atoms with Gasteiger partial charge in [-0.05, 0) is 23.6 Å². The van der Waals surface area contributed by atoms with E-state index < -0.39 is 24.0 Å². The topological polar surface area (TPSA) is 116 Å². The van der Waals surface area contributed by atoms with Crippen LogP contribution in [0.1, 0.15) is 11.1 Å². The lowest BCUT2D eigenvalue weighted by Gasteiger charge is -2.15. The summed E-state index contributed by atoms with van der Waals surface area (Å²) in [5, 5.41) is 8.92. The number of nitrogens with two attached hydrogens (primary N) is 2. The molecule has 126 valence electrons. The van der Waals surface area contributed by atoms with Gasteiger partial charge in [0.2, 0.25) is 0 Å². The summed E-state index contributed by atoms with van der Waals surface area (Å²) in [5.74, 6) is -1.41. The second-order valence-electron chi connectivity index (χ2n) is 5.47. The summed E-state index contributed by atoms with van der Waals surface area (Å²) in [6, 6.07) is 14.2. The highest BCUT2D eigenvalue weighted by molar-refractivity contribution is 5.79. The number of carboxylic acids is 1. The normalized spacial score (nSPS) is 13.1. The minimum Gasteiger partial charge on any atom is -0.480 e. The van der Waals surface area contributed by atoms with Crippen molar-refractivity contribution in [1.82, 2.24) is 0 Å². The lowest BCUT2D eigenvalue weighted by molar-refractivity contribution is -0.138. The van der Waals surface area contributed by atoms with E-state index in [4.69, 9.17) is 21.3 Å². The van der Waals surface area contributed by atoms with Gasteiger partial charge >= 0.3 is 11.9 Å². The first-order valence-electron chi connectivity index (χ1n) is 7.55. The number of ether oxygens (including phenoxy) is 1. The van der Waals surface area contributed by atoms with Crippen molar-refractivity contribution in [2.45, 2.75) is 24.9 Å². The fourth-order valence-corrected chi connectivity index (χ4v) is 2.23. The van der Waals surface area contributed by atoms with Gasteiger partial charge in [-0.2, -0.15) is 0 Å². The van der Waals surface area contributed by atoms with E-state index >= 15 is 0 Å². The number of para-hydroxylation sites is 1. The molecule has 0 aliphatic carbocycles. The van der Waals surface area contributed by atoms with Gasteiger partial charge in [0.15, 0.2) is 0 Å². The number of esters is 1. The van der Waals surface area contributed by atoms with Crippen molar-refractivity contribution in [3.8, 4) is 5.75 Å². The van der Waals surface area contributed by atoms with Gasteiger partial charge in [-0.15, -0.1) is 0 Å². The van der Waals surface area contributed by atoms with Crippen LogP contribution in [0.2, 0.25) is 0 Å². The van der Waals surface area contributed by atoms with Gasteiger partial charge in [-0.25, -0.2) is 4.79 Å². The van der Waals surface area contributed by atoms with E-state index in [0.29, 0.717) is 12.0 Å². The summed E-state index contributed by atoms with van der Waals surface area (Å²) in [5.41, 5.74) is 12.9. The standard InChI is InChI=1S/C18H20N2O4/c19-14(17(21)22)11-13-8-4-5-9-16(13)24-18(23)15(20)10-12-6-2-1-3-7-12/h1-9,14-15H,10-11,19-20H2,(H,21,22)/t14-,15-/m0/s1. The molecule has 2 aromatic rings. The van der Waals surface area contributed by atoms with Crippen LogP contribution in [0.25, 0.3) is 0 Å². The van der Waals surface area contributed by atoms with E-state index in [2.05, 4.69) is 0 Å². The average molecular weight is 328 g/mol. The maximum Gasteiger partial charge on any atom is 0.328 e. The molecule has 0 unspecified atom stereocenters. The monoisotopic (exact) mass is 328 g/mol. The van der Waals surface area contributed by atoms with Crippen molar-refractivity contribution in [3.63, 3.8) is 0 Å². The van der Waals surface area contributed by atoms with Crippen LogP contribution in [0, 0.1) is 0 Å². The SMILES string of the molecule is N[C@@H](Cc1ccccc1OC(=O)[C@@H](N)Cc1ccccc1)C(=O)O. The summed E-state index contributed by atoms with van der Waals surface area (Å²) in [6.45, 7) is 0. The van der Waals surface area contributed by atoms with E-state index in [0.717, 1.165) is 5.56 Å². The number of carbonyl (C=O) groups excluding carboxylic acids is 1. The molecule has 0 fully saturated rings. The van der Waals surface area contributed by atoms with Gasteiger partial charge in [0.05, 0.1) is 0 Å². The molecule has 5 N–H and O–H groups in total. The lowest BCUT2D eigenvalue weighted by Crippen LogP contribution is -2.36. The Labute approximate surface area is 140 Å². The molecular weight excluding hydrogens is 308 g/mol. The van der Waals surface area contributed by atoms with Crippen LogP contribution in [0.4, 0.5) is 0 Å². The average Bonchev–Trinajstić information content (AvgIpc) is 2.57. The van der Waals surface area contributed by atoms with Gasteiger partial charge in [-0.3, -0.25) is 4.79 Å². The van der Waals surface area contributed by atoms with E-state index in [1.807, 2.05) is 30.3 Å². The third-order valence-corrected chi connectivity index (χ3v) is 3.54. The fraction of sp³-hybridized carbons (Fsp3) is 0.222. The minimum atomic E-state index is -1.11. The Bertz CT molecular complexity index is 703. The first-order valence-corrected chi connectivity index (χ1v) is 7.55. The number of rotatable bonds is 7. The van der Waals surface area contributed by atoms with Crippen molar-refractivity contribution in [1.29, 1.82) is 0 Å². The van der Waals surface area contributed by atoms with Crippen molar-refractivity contribution in [2.24, 2.45) is 11.5 Å². The first kappa shape index (κ1) is 17.7. The molecule has 0 aliphatic rings. The van der Waals surface area contributed by atoms with E-state index in [-0.39, 0.29) is 12.2 Å². The van der Waals surface area contributed by atoms with Gasteiger partial charge in [0.1, 0.15) is 17.8 Å². The Balaban J connectivity index is 2.04. The van der Waals surface area contributed by atoms with Gasteiger partial charge < -0.3 is 21.3 Å². The Kier molecular flexibility index (Phi) is 6.06.